The van der Waals surface area contributed by atoms with Crippen LogP contribution in [0.1, 0.15) is 11.7 Å². The standard InChI is InChI=1S/C12H12O4/c1-15-9-4-2-3-8(7-9)12-10(13)5-6-11(14)16-12/h2-7,11-12,14H,1H3. The minimum absolute atomic E-state index is 0.182. The summed E-state index contributed by atoms with van der Waals surface area (Å²) in [6.07, 6.45) is 0.862. The van der Waals surface area contributed by atoms with Crippen LogP contribution in [0.3, 0.4) is 0 Å². The summed E-state index contributed by atoms with van der Waals surface area (Å²) >= 11 is 0. The van der Waals surface area contributed by atoms with Crippen LogP contribution >= 0.6 is 0 Å². The first-order valence-corrected chi connectivity index (χ1v) is 4.90. The monoisotopic (exact) mass is 220 g/mol. The summed E-state index contributed by atoms with van der Waals surface area (Å²) in [5.74, 6) is 0.469. The number of benzene rings is 1. The average Bonchev–Trinajstić information content (AvgIpc) is 2.32. The summed E-state index contributed by atoms with van der Waals surface area (Å²) < 4.78 is 10.2. The van der Waals surface area contributed by atoms with E-state index in [1.807, 2.05) is 0 Å². The molecule has 2 atom stereocenters. The molecule has 0 fully saturated rings. The smallest absolute Gasteiger partial charge is 0.188 e. The molecule has 0 saturated heterocycles. The second-order valence-electron chi connectivity index (χ2n) is 3.44. The summed E-state index contributed by atoms with van der Waals surface area (Å²) in [5, 5.41) is 9.29. The Morgan fingerprint density at radius 2 is 2.25 bits per heavy atom. The van der Waals surface area contributed by atoms with Gasteiger partial charge in [0, 0.05) is 0 Å². The van der Waals surface area contributed by atoms with Gasteiger partial charge in [-0.05, 0) is 29.8 Å². The topological polar surface area (TPSA) is 55.8 Å². The van der Waals surface area contributed by atoms with E-state index in [9.17, 15) is 9.90 Å². The molecule has 84 valence electrons. The van der Waals surface area contributed by atoms with Gasteiger partial charge >= 0.3 is 0 Å². The molecule has 2 rings (SSSR count). The van der Waals surface area contributed by atoms with E-state index in [0.29, 0.717) is 11.3 Å². The molecule has 0 bridgehead atoms. The number of rotatable bonds is 2. The van der Waals surface area contributed by atoms with E-state index in [-0.39, 0.29) is 5.78 Å². The average molecular weight is 220 g/mol. The quantitative estimate of drug-likeness (QED) is 0.814. The number of aliphatic hydroxyl groups is 1. The predicted octanol–water partition coefficient (Wildman–Crippen LogP) is 1.21. The highest BCUT2D eigenvalue weighted by Gasteiger charge is 2.25. The Morgan fingerprint density at radius 3 is 3.00 bits per heavy atom. The molecule has 0 aromatic heterocycles. The number of carbonyl (C=O) groups excluding carboxylic acids is 1. The first-order valence-electron chi connectivity index (χ1n) is 4.90. The van der Waals surface area contributed by atoms with E-state index in [1.54, 1.807) is 31.4 Å². The van der Waals surface area contributed by atoms with E-state index < -0.39 is 12.4 Å². The van der Waals surface area contributed by atoms with E-state index in [4.69, 9.17) is 9.47 Å². The fourth-order valence-electron chi connectivity index (χ4n) is 1.56. The molecule has 1 aliphatic rings. The fourth-order valence-corrected chi connectivity index (χ4v) is 1.56. The molecule has 4 nitrogen and oxygen atoms in total. The van der Waals surface area contributed by atoms with Crippen LogP contribution in [0.5, 0.6) is 5.75 Å². The van der Waals surface area contributed by atoms with Gasteiger partial charge in [0.15, 0.2) is 12.1 Å². The maximum absolute atomic E-state index is 11.6. The minimum atomic E-state index is -1.03. The van der Waals surface area contributed by atoms with Crippen LogP contribution in [-0.4, -0.2) is 24.3 Å². The lowest BCUT2D eigenvalue weighted by atomic mass is 10.0. The highest BCUT2D eigenvalue weighted by molar-refractivity contribution is 5.95. The summed E-state index contributed by atoms with van der Waals surface area (Å²) in [4.78, 5) is 11.6. The molecule has 1 heterocycles. The SMILES string of the molecule is COc1cccc(C2OC(O)C=CC2=O)c1. The summed E-state index contributed by atoms with van der Waals surface area (Å²) in [5.41, 5.74) is 0.674. The van der Waals surface area contributed by atoms with Crippen molar-refractivity contribution in [1.82, 2.24) is 0 Å². The first kappa shape index (κ1) is 10.9. The third kappa shape index (κ3) is 2.13. The van der Waals surface area contributed by atoms with Crippen molar-refractivity contribution in [3.05, 3.63) is 42.0 Å². The number of carbonyl (C=O) groups is 1. The second-order valence-corrected chi connectivity index (χ2v) is 3.44. The Balaban J connectivity index is 2.29. The minimum Gasteiger partial charge on any atom is -0.497 e. The van der Waals surface area contributed by atoms with Gasteiger partial charge < -0.3 is 14.6 Å². The molecule has 1 aromatic carbocycles. The number of aliphatic hydroxyl groups excluding tert-OH is 1. The molecule has 0 spiro atoms. The van der Waals surface area contributed by atoms with Gasteiger partial charge in [0.1, 0.15) is 11.9 Å². The largest absolute Gasteiger partial charge is 0.497 e. The third-order valence-corrected chi connectivity index (χ3v) is 2.36. The number of hydrogen-bond donors (Lipinski definition) is 1. The summed E-state index contributed by atoms with van der Waals surface area (Å²) in [7, 11) is 1.55. The van der Waals surface area contributed by atoms with Crippen molar-refractivity contribution in [3.63, 3.8) is 0 Å². The van der Waals surface area contributed by atoms with Gasteiger partial charge in [-0.15, -0.1) is 0 Å². The highest BCUT2D eigenvalue weighted by atomic mass is 16.6. The lowest BCUT2D eigenvalue weighted by Gasteiger charge is -2.21. The molecule has 2 unspecified atom stereocenters. The lowest BCUT2D eigenvalue weighted by Crippen LogP contribution is -2.24. The van der Waals surface area contributed by atoms with Gasteiger partial charge in [0.25, 0.3) is 0 Å². The highest BCUT2D eigenvalue weighted by Crippen LogP contribution is 2.26. The van der Waals surface area contributed by atoms with Crippen LogP contribution < -0.4 is 4.74 Å². The van der Waals surface area contributed by atoms with Gasteiger partial charge in [-0.2, -0.15) is 0 Å². The zero-order valence-corrected chi connectivity index (χ0v) is 8.79. The van der Waals surface area contributed by atoms with Gasteiger partial charge in [0.2, 0.25) is 0 Å². The lowest BCUT2D eigenvalue weighted by molar-refractivity contribution is -0.149. The number of ether oxygens (including phenoxy) is 2. The zero-order valence-electron chi connectivity index (χ0n) is 8.79. The van der Waals surface area contributed by atoms with Crippen molar-refractivity contribution >= 4 is 5.78 Å². The van der Waals surface area contributed by atoms with Crippen LogP contribution in [0, 0.1) is 0 Å². The molecule has 16 heavy (non-hydrogen) atoms. The number of ketones is 1. The van der Waals surface area contributed by atoms with Gasteiger partial charge in [-0.3, -0.25) is 4.79 Å². The van der Waals surface area contributed by atoms with Crippen LogP contribution in [0.25, 0.3) is 0 Å². The summed E-state index contributed by atoms with van der Waals surface area (Å²) in [6.45, 7) is 0. The number of methoxy groups -OCH3 is 1. The van der Waals surface area contributed by atoms with Crippen molar-refractivity contribution in [3.8, 4) is 5.75 Å². The van der Waals surface area contributed by atoms with Crippen molar-refractivity contribution in [2.75, 3.05) is 7.11 Å². The first-order chi connectivity index (χ1) is 7.70. The van der Waals surface area contributed by atoms with Crippen molar-refractivity contribution in [1.29, 1.82) is 0 Å². The molecule has 1 N–H and O–H groups in total. The third-order valence-electron chi connectivity index (χ3n) is 2.36. The molecule has 0 radical (unpaired) electrons. The molecule has 0 amide bonds. The van der Waals surface area contributed by atoms with Crippen LogP contribution in [-0.2, 0) is 9.53 Å². The van der Waals surface area contributed by atoms with Gasteiger partial charge in [0.05, 0.1) is 7.11 Å². The van der Waals surface area contributed by atoms with Crippen LogP contribution in [0.15, 0.2) is 36.4 Å². The Morgan fingerprint density at radius 1 is 1.44 bits per heavy atom. The zero-order chi connectivity index (χ0) is 11.5. The Kier molecular flexibility index (Phi) is 3.03. The molecule has 1 aliphatic heterocycles. The molecule has 1 aromatic rings. The van der Waals surface area contributed by atoms with E-state index in [0.717, 1.165) is 0 Å². The van der Waals surface area contributed by atoms with Crippen molar-refractivity contribution in [2.45, 2.75) is 12.4 Å². The normalized spacial score (nSPS) is 24.5. The molecule has 0 aliphatic carbocycles. The Labute approximate surface area is 93.1 Å². The Hall–Kier alpha value is -1.65. The Bertz CT molecular complexity index is 425. The van der Waals surface area contributed by atoms with Gasteiger partial charge in [-0.1, -0.05) is 12.1 Å². The maximum atomic E-state index is 11.6. The van der Waals surface area contributed by atoms with Crippen LogP contribution in [0.2, 0.25) is 0 Å². The predicted molar refractivity (Wildman–Crippen MR) is 57.0 cm³/mol. The fraction of sp³-hybridized carbons (Fsp3) is 0.250. The molecule has 4 heteroatoms. The maximum Gasteiger partial charge on any atom is 0.188 e. The van der Waals surface area contributed by atoms with Gasteiger partial charge in [-0.25, -0.2) is 0 Å². The molecular weight excluding hydrogens is 208 g/mol. The molecular formula is C12H12O4. The van der Waals surface area contributed by atoms with E-state index in [1.165, 1.54) is 12.2 Å². The van der Waals surface area contributed by atoms with E-state index >= 15 is 0 Å². The van der Waals surface area contributed by atoms with Crippen molar-refractivity contribution < 1.29 is 19.4 Å². The summed E-state index contributed by atoms with van der Waals surface area (Å²) in [6, 6.07) is 7.03. The number of hydrogen-bond acceptors (Lipinski definition) is 4. The molecule has 0 saturated carbocycles. The van der Waals surface area contributed by atoms with Crippen molar-refractivity contribution in [2.24, 2.45) is 0 Å². The van der Waals surface area contributed by atoms with Crippen LogP contribution in [0.4, 0.5) is 0 Å². The van der Waals surface area contributed by atoms with E-state index in [2.05, 4.69) is 0 Å². The second kappa shape index (κ2) is 4.47.